The fourth-order valence-electron chi connectivity index (χ4n) is 1.75. The first kappa shape index (κ1) is 14.2. The molecule has 2 nitrogen and oxygen atoms in total. The van der Waals surface area contributed by atoms with Gasteiger partial charge in [-0.05, 0) is 36.2 Å². The van der Waals surface area contributed by atoms with Gasteiger partial charge in [0, 0.05) is 5.56 Å². The topological polar surface area (TPSA) is 29.5 Å². The minimum atomic E-state index is -4.89. The van der Waals surface area contributed by atoms with Crippen LogP contribution in [-0.2, 0) is 0 Å². The number of hydrogen-bond acceptors (Lipinski definition) is 2. The summed E-state index contributed by atoms with van der Waals surface area (Å²) < 4.78 is 53.6. The molecule has 0 bridgehead atoms. The van der Waals surface area contributed by atoms with E-state index >= 15 is 0 Å². The van der Waals surface area contributed by atoms with E-state index in [2.05, 4.69) is 4.74 Å². The van der Waals surface area contributed by atoms with E-state index in [4.69, 9.17) is 0 Å². The highest BCUT2D eigenvalue weighted by atomic mass is 19.4. The average Bonchev–Trinajstić information content (AvgIpc) is 2.30. The van der Waals surface area contributed by atoms with E-state index in [9.17, 15) is 22.7 Å². The van der Waals surface area contributed by atoms with E-state index in [0.717, 1.165) is 12.1 Å². The van der Waals surface area contributed by atoms with E-state index < -0.39 is 23.7 Å². The maximum atomic E-state index is 13.7. The summed E-state index contributed by atoms with van der Waals surface area (Å²) in [6.45, 7) is 1.71. The van der Waals surface area contributed by atoms with Crippen LogP contribution in [0.5, 0.6) is 11.5 Å². The Morgan fingerprint density at radius 1 is 1.05 bits per heavy atom. The van der Waals surface area contributed by atoms with Crippen LogP contribution in [0.25, 0.3) is 11.1 Å². The van der Waals surface area contributed by atoms with Gasteiger partial charge in [0.25, 0.3) is 0 Å². The predicted octanol–water partition coefficient (Wildman–Crippen LogP) is 4.41. The Hall–Kier alpha value is -2.24. The number of halogens is 4. The van der Waals surface area contributed by atoms with Crippen molar-refractivity contribution in [2.24, 2.45) is 0 Å². The molecule has 0 fully saturated rings. The molecule has 0 amide bonds. The zero-order valence-corrected chi connectivity index (χ0v) is 10.3. The second kappa shape index (κ2) is 5.03. The number of phenols is 1. The van der Waals surface area contributed by atoms with Gasteiger partial charge >= 0.3 is 6.36 Å². The molecule has 6 heteroatoms. The summed E-state index contributed by atoms with van der Waals surface area (Å²) >= 11 is 0. The normalized spacial score (nSPS) is 11.4. The molecule has 106 valence electrons. The number of rotatable bonds is 2. The molecule has 0 unspecified atom stereocenters. The van der Waals surface area contributed by atoms with Crippen molar-refractivity contribution in [1.29, 1.82) is 0 Å². The lowest BCUT2D eigenvalue weighted by atomic mass is 10.0. The quantitative estimate of drug-likeness (QED) is 0.829. The van der Waals surface area contributed by atoms with Crippen molar-refractivity contribution in [1.82, 2.24) is 0 Å². The first-order valence-corrected chi connectivity index (χ1v) is 5.61. The smallest absolute Gasteiger partial charge is 0.504 e. The molecule has 0 saturated carbocycles. The molecule has 0 heterocycles. The molecule has 0 atom stereocenters. The van der Waals surface area contributed by atoms with E-state index in [1.807, 2.05) is 0 Å². The van der Waals surface area contributed by atoms with Crippen LogP contribution in [0.15, 0.2) is 36.4 Å². The third kappa shape index (κ3) is 3.20. The van der Waals surface area contributed by atoms with Crippen molar-refractivity contribution >= 4 is 0 Å². The predicted molar refractivity (Wildman–Crippen MR) is 64.9 cm³/mol. The molecule has 0 aliphatic rings. The van der Waals surface area contributed by atoms with Crippen LogP contribution in [0.2, 0.25) is 0 Å². The summed E-state index contributed by atoms with van der Waals surface area (Å²) in [7, 11) is 0. The Balaban J connectivity index is 2.38. The van der Waals surface area contributed by atoms with Gasteiger partial charge in [-0.3, -0.25) is 0 Å². The molecule has 0 aromatic heterocycles. The van der Waals surface area contributed by atoms with Gasteiger partial charge < -0.3 is 9.84 Å². The molecule has 2 rings (SSSR count). The maximum Gasteiger partial charge on any atom is 0.573 e. The Morgan fingerprint density at radius 2 is 1.75 bits per heavy atom. The first-order valence-electron chi connectivity index (χ1n) is 5.61. The zero-order chi connectivity index (χ0) is 14.9. The molecule has 0 radical (unpaired) electrons. The van der Waals surface area contributed by atoms with Crippen molar-refractivity contribution in [3.63, 3.8) is 0 Å². The molecule has 1 N–H and O–H groups in total. The molecular weight excluding hydrogens is 276 g/mol. The van der Waals surface area contributed by atoms with Gasteiger partial charge in [-0.1, -0.05) is 18.2 Å². The van der Waals surface area contributed by atoms with Gasteiger partial charge in [0.1, 0.15) is 5.82 Å². The number of aromatic hydroxyl groups is 1. The minimum absolute atomic E-state index is 0.185. The second-order valence-corrected chi connectivity index (χ2v) is 4.21. The van der Waals surface area contributed by atoms with Crippen molar-refractivity contribution < 1.29 is 27.4 Å². The highest BCUT2D eigenvalue weighted by Crippen LogP contribution is 2.35. The van der Waals surface area contributed by atoms with Crippen LogP contribution < -0.4 is 4.74 Å². The van der Waals surface area contributed by atoms with Crippen LogP contribution in [0.1, 0.15) is 5.56 Å². The SMILES string of the molecule is Cc1ccc(-c2ccc(OC(F)(F)F)c(O)c2)c(F)c1. The van der Waals surface area contributed by atoms with Gasteiger partial charge in [0.2, 0.25) is 0 Å². The lowest BCUT2D eigenvalue weighted by Gasteiger charge is -2.11. The van der Waals surface area contributed by atoms with E-state index in [1.165, 1.54) is 18.2 Å². The summed E-state index contributed by atoms with van der Waals surface area (Å²) in [6.07, 6.45) is -4.89. The summed E-state index contributed by atoms with van der Waals surface area (Å²) in [4.78, 5) is 0. The van der Waals surface area contributed by atoms with Crippen molar-refractivity contribution in [3.8, 4) is 22.6 Å². The highest BCUT2D eigenvalue weighted by molar-refractivity contribution is 5.67. The first-order chi connectivity index (χ1) is 9.26. The molecule has 0 aliphatic carbocycles. The third-order valence-corrected chi connectivity index (χ3v) is 2.62. The standard InChI is InChI=1S/C14H10F4O2/c1-8-2-4-10(11(15)6-8)9-3-5-13(12(19)7-9)20-14(16,17)18/h2-7,19H,1H3. The van der Waals surface area contributed by atoms with Crippen molar-refractivity contribution in [3.05, 3.63) is 47.8 Å². The molecular formula is C14H10F4O2. The summed E-state index contributed by atoms with van der Waals surface area (Å²) in [5.41, 5.74) is 1.16. The summed E-state index contributed by atoms with van der Waals surface area (Å²) in [6, 6.07) is 7.66. The van der Waals surface area contributed by atoms with Gasteiger partial charge in [-0.15, -0.1) is 13.2 Å². The Morgan fingerprint density at radius 3 is 2.30 bits per heavy atom. The number of hydrogen-bond donors (Lipinski definition) is 1. The van der Waals surface area contributed by atoms with Gasteiger partial charge in [-0.25, -0.2) is 4.39 Å². The maximum absolute atomic E-state index is 13.7. The fraction of sp³-hybridized carbons (Fsp3) is 0.143. The van der Waals surface area contributed by atoms with Crippen LogP contribution in [0, 0.1) is 12.7 Å². The summed E-state index contributed by atoms with van der Waals surface area (Å²) in [5, 5.41) is 9.51. The van der Waals surface area contributed by atoms with Crippen LogP contribution in [0.4, 0.5) is 17.6 Å². The van der Waals surface area contributed by atoms with E-state index in [-0.39, 0.29) is 11.1 Å². The highest BCUT2D eigenvalue weighted by Gasteiger charge is 2.32. The minimum Gasteiger partial charge on any atom is -0.504 e. The van der Waals surface area contributed by atoms with Gasteiger partial charge in [0.15, 0.2) is 11.5 Å². The lowest BCUT2D eigenvalue weighted by molar-refractivity contribution is -0.275. The molecule has 0 spiro atoms. The lowest BCUT2D eigenvalue weighted by Crippen LogP contribution is -2.17. The number of ether oxygens (including phenoxy) is 1. The molecule has 0 saturated heterocycles. The molecule has 20 heavy (non-hydrogen) atoms. The molecule has 2 aromatic rings. The summed E-state index contributed by atoms with van der Waals surface area (Å²) in [5.74, 6) is -1.96. The Kier molecular flexibility index (Phi) is 3.57. The molecule has 0 aliphatic heterocycles. The van der Waals surface area contributed by atoms with Crippen LogP contribution >= 0.6 is 0 Å². The Bertz CT molecular complexity index is 636. The second-order valence-electron chi connectivity index (χ2n) is 4.21. The largest absolute Gasteiger partial charge is 0.573 e. The van der Waals surface area contributed by atoms with Crippen LogP contribution in [-0.4, -0.2) is 11.5 Å². The molecule has 2 aromatic carbocycles. The van der Waals surface area contributed by atoms with Crippen LogP contribution in [0.3, 0.4) is 0 Å². The number of benzene rings is 2. The van der Waals surface area contributed by atoms with Gasteiger partial charge in [0.05, 0.1) is 0 Å². The van der Waals surface area contributed by atoms with Crippen molar-refractivity contribution in [2.45, 2.75) is 13.3 Å². The third-order valence-electron chi connectivity index (χ3n) is 2.62. The zero-order valence-electron chi connectivity index (χ0n) is 10.3. The number of alkyl halides is 3. The fourth-order valence-corrected chi connectivity index (χ4v) is 1.75. The van der Waals surface area contributed by atoms with E-state index in [1.54, 1.807) is 13.0 Å². The van der Waals surface area contributed by atoms with Gasteiger partial charge in [-0.2, -0.15) is 0 Å². The monoisotopic (exact) mass is 286 g/mol. The average molecular weight is 286 g/mol. The van der Waals surface area contributed by atoms with Crippen molar-refractivity contribution in [2.75, 3.05) is 0 Å². The van der Waals surface area contributed by atoms with E-state index in [0.29, 0.717) is 5.56 Å². The number of phenolic OH excluding ortho intramolecular Hbond substituents is 1. The Labute approximate surface area is 112 Å². The number of aryl methyl sites for hydroxylation is 1.